The van der Waals surface area contributed by atoms with Crippen molar-refractivity contribution in [2.45, 2.75) is 17.9 Å². The highest BCUT2D eigenvalue weighted by atomic mass is 79.9. The number of nitrogens with zero attached hydrogens (tertiary/aromatic N) is 1. The van der Waals surface area contributed by atoms with E-state index in [1.54, 1.807) is 0 Å². The summed E-state index contributed by atoms with van der Waals surface area (Å²) in [4.78, 5) is 55.4. The van der Waals surface area contributed by atoms with Crippen molar-refractivity contribution in [2.24, 2.45) is 5.92 Å². The summed E-state index contributed by atoms with van der Waals surface area (Å²) in [6, 6.07) is 22.2. The molecule has 1 saturated heterocycles. The zero-order valence-corrected chi connectivity index (χ0v) is 23.9. The summed E-state index contributed by atoms with van der Waals surface area (Å²) in [5, 5.41) is 1.71. The van der Waals surface area contributed by atoms with Gasteiger partial charge in [0.2, 0.25) is 5.91 Å². The average molecular weight is 627 g/mol. The molecular formula is C29H24BrNO6S2. The van der Waals surface area contributed by atoms with Crippen LogP contribution in [0.4, 0.5) is 0 Å². The minimum Gasteiger partial charge on any atom is -0.461 e. The van der Waals surface area contributed by atoms with E-state index in [0.717, 1.165) is 16.0 Å². The van der Waals surface area contributed by atoms with Gasteiger partial charge in [0, 0.05) is 22.4 Å². The highest BCUT2D eigenvalue weighted by Crippen LogP contribution is 2.45. The van der Waals surface area contributed by atoms with Crippen molar-refractivity contribution in [3.8, 4) is 0 Å². The molecule has 0 saturated carbocycles. The Morgan fingerprint density at radius 2 is 1.62 bits per heavy atom. The van der Waals surface area contributed by atoms with Crippen LogP contribution in [0.2, 0.25) is 0 Å². The minimum atomic E-state index is -0.890. The van der Waals surface area contributed by atoms with Crippen molar-refractivity contribution in [2.75, 3.05) is 17.7 Å². The number of rotatable bonds is 10. The van der Waals surface area contributed by atoms with Gasteiger partial charge in [-0.25, -0.2) is 9.59 Å². The Bertz CT molecular complexity index is 1350. The van der Waals surface area contributed by atoms with Crippen LogP contribution >= 0.6 is 39.0 Å². The Labute approximate surface area is 242 Å². The number of ether oxygens (including phenoxy) is 2. The summed E-state index contributed by atoms with van der Waals surface area (Å²) in [5.74, 6) is -3.00. The Morgan fingerprint density at radius 3 is 2.21 bits per heavy atom. The van der Waals surface area contributed by atoms with Crippen LogP contribution < -0.4 is 0 Å². The number of thiophene rings is 1. The molecule has 7 nitrogen and oxygen atoms in total. The zero-order chi connectivity index (χ0) is 27.4. The van der Waals surface area contributed by atoms with Crippen LogP contribution in [0.1, 0.15) is 22.1 Å². The average Bonchev–Trinajstić information content (AvgIpc) is 3.47. The van der Waals surface area contributed by atoms with Crippen LogP contribution in [0, 0.1) is 5.92 Å². The van der Waals surface area contributed by atoms with Gasteiger partial charge in [-0.05, 0) is 22.6 Å². The smallest absolute Gasteiger partial charge is 0.356 e. The third-order valence-corrected chi connectivity index (χ3v) is 8.90. The van der Waals surface area contributed by atoms with E-state index in [1.165, 1.54) is 28.0 Å². The van der Waals surface area contributed by atoms with E-state index in [2.05, 4.69) is 15.9 Å². The first-order valence-corrected chi connectivity index (χ1v) is 15.3. The van der Waals surface area contributed by atoms with Crippen LogP contribution in [0.5, 0.6) is 0 Å². The molecule has 0 bridgehead atoms. The molecule has 2 aliphatic rings. The standard InChI is InChI=1S/C29H24BrNO6S2/c30-13-14-36-28(34)21-17-39-27-23(22(32)16-20-12-7-15-38-20)26(33)31(27)24(21)29(35)37-25(18-8-3-1-4-9-18)19-10-5-2-6-11-19/h1-12,15,23,25,27H,13-14,16-17H2/t23?,27-/m1/s1. The van der Waals surface area contributed by atoms with E-state index in [4.69, 9.17) is 9.47 Å². The zero-order valence-electron chi connectivity index (χ0n) is 20.7. The molecule has 1 unspecified atom stereocenters. The Morgan fingerprint density at radius 1 is 0.949 bits per heavy atom. The van der Waals surface area contributed by atoms with E-state index >= 15 is 0 Å². The van der Waals surface area contributed by atoms with Gasteiger partial charge in [-0.2, -0.15) is 0 Å². The number of halogens is 1. The number of amides is 1. The fourth-order valence-electron chi connectivity index (χ4n) is 4.59. The van der Waals surface area contributed by atoms with Crippen molar-refractivity contribution in [3.05, 3.63) is 105 Å². The summed E-state index contributed by atoms with van der Waals surface area (Å²) in [5.41, 5.74) is 1.38. The Hall–Kier alpha value is -3.21. The van der Waals surface area contributed by atoms with E-state index < -0.39 is 35.2 Å². The largest absolute Gasteiger partial charge is 0.461 e. The normalized spacial score (nSPS) is 18.4. The van der Waals surface area contributed by atoms with E-state index in [9.17, 15) is 19.2 Å². The van der Waals surface area contributed by atoms with Gasteiger partial charge < -0.3 is 9.47 Å². The lowest BCUT2D eigenvalue weighted by Gasteiger charge is -2.48. The minimum absolute atomic E-state index is 0.0552. The number of thioether (sulfide) groups is 1. The van der Waals surface area contributed by atoms with Gasteiger partial charge in [0.1, 0.15) is 23.6 Å². The van der Waals surface area contributed by atoms with Gasteiger partial charge in [-0.1, -0.05) is 82.7 Å². The van der Waals surface area contributed by atoms with Crippen LogP contribution in [0.3, 0.4) is 0 Å². The topological polar surface area (TPSA) is 90.0 Å². The first kappa shape index (κ1) is 27.4. The molecular weight excluding hydrogens is 602 g/mol. The maximum Gasteiger partial charge on any atom is 0.356 e. The molecule has 0 N–H and O–H groups in total. The summed E-state index contributed by atoms with van der Waals surface area (Å²) >= 11 is 5.96. The first-order valence-electron chi connectivity index (χ1n) is 12.3. The lowest BCUT2D eigenvalue weighted by Crippen LogP contribution is -2.64. The van der Waals surface area contributed by atoms with Crippen LogP contribution in [-0.4, -0.2) is 51.6 Å². The molecule has 200 valence electrons. The second-order valence-electron chi connectivity index (χ2n) is 8.87. The fourth-order valence-corrected chi connectivity index (χ4v) is 6.88. The lowest BCUT2D eigenvalue weighted by atomic mass is 9.89. The summed E-state index contributed by atoms with van der Waals surface area (Å²) in [6.07, 6.45) is -0.625. The number of hydrogen-bond donors (Lipinski definition) is 0. The number of benzene rings is 2. The number of alkyl halides is 1. The van der Waals surface area contributed by atoms with Crippen molar-refractivity contribution >= 4 is 62.7 Å². The predicted molar refractivity (Wildman–Crippen MR) is 152 cm³/mol. The molecule has 1 fully saturated rings. The lowest BCUT2D eigenvalue weighted by molar-refractivity contribution is -0.159. The molecule has 0 spiro atoms. The van der Waals surface area contributed by atoms with Gasteiger partial charge in [0.05, 0.1) is 5.57 Å². The SMILES string of the molecule is O=C(OCCBr)C1=C(C(=O)OC(c2ccccc2)c2ccccc2)N2C(=O)C(C(=O)Cc3cccs3)[C@H]2SC1. The molecule has 2 atom stereocenters. The van der Waals surface area contributed by atoms with Crippen LogP contribution in [0.15, 0.2) is 89.4 Å². The number of carbonyl (C=O) groups is 4. The monoisotopic (exact) mass is 625 g/mol. The number of fused-ring (bicyclic) bond motifs is 1. The van der Waals surface area contributed by atoms with E-state index in [-0.39, 0.29) is 35.8 Å². The van der Waals surface area contributed by atoms with Gasteiger partial charge in [-0.3, -0.25) is 14.5 Å². The molecule has 2 aromatic carbocycles. The van der Waals surface area contributed by atoms with Crippen molar-refractivity contribution in [3.63, 3.8) is 0 Å². The fraction of sp³-hybridized carbons (Fsp3) is 0.241. The van der Waals surface area contributed by atoms with Crippen molar-refractivity contribution in [1.29, 1.82) is 0 Å². The second kappa shape index (κ2) is 12.3. The number of ketones is 1. The maximum atomic E-state index is 13.8. The first-order chi connectivity index (χ1) is 19.0. The molecule has 0 aliphatic carbocycles. The molecule has 0 radical (unpaired) electrons. The van der Waals surface area contributed by atoms with Gasteiger partial charge >= 0.3 is 11.9 Å². The number of carbonyl (C=O) groups excluding carboxylic acids is 4. The van der Waals surface area contributed by atoms with E-state index in [1.807, 2.05) is 78.2 Å². The number of hydrogen-bond acceptors (Lipinski definition) is 8. The summed E-state index contributed by atoms with van der Waals surface area (Å²) in [7, 11) is 0. The van der Waals surface area contributed by atoms with Gasteiger partial charge in [0.15, 0.2) is 11.9 Å². The highest BCUT2D eigenvalue weighted by Gasteiger charge is 2.57. The van der Waals surface area contributed by atoms with Crippen LogP contribution in [-0.2, 0) is 35.1 Å². The van der Waals surface area contributed by atoms with Gasteiger partial charge in [0.25, 0.3) is 0 Å². The van der Waals surface area contributed by atoms with Crippen molar-refractivity contribution < 1.29 is 28.7 Å². The molecule has 39 heavy (non-hydrogen) atoms. The summed E-state index contributed by atoms with van der Waals surface area (Å²) < 4.78 is 11.3. The highest BCUT2D eigenvalue weighted by molar-refractivity contribution is 9.09. The van der Waals surface area contributed by atoms with Gasteiger partial charge in [-0.15, -0.1) is 23.1 Å². The van der Waals surface area contributed by atoms with E-state index in [0.29, 0.717) is 5.33 Å². The molecule has 3 heterocycles. The molecule has 1 aromatic heterocycles. The number of Topliss-reactive ketones (excluding diaryl/α,β-unsaturated/α-hetero) is 1. The molecule has 1 amide bonds. The van der Waals surface area contributed by atoms with Crippen molar-refractivity contribution in [1.82, 2.24) is 4.90 Å². The Balaban J connectivity index is 1.46. The second-order valence-corrected chi connectivity index (χ2v) is 11.8. The molecule has 10 heteroatoms. The predicted octanol–water partition coefficient (Wildman–Crippen LogP) is 4.92. The summed E-state index contributed by atoms with van der Waals surface area (Å²) in [6.45, 7) is 0.102. The molecule has 3 aromatic rings. The maximum absolute atomic E-state index is 13.8. The van der Waals surface area contributed by atoms with Crippen LogP contribution in [0.25, 0.3) is 0 Å². The molecule has 5 rings (SSSR count). The quantitative estimate of drug-likeness (QED) is 0.137. The number of esters is 2. The third-order valence-electron chi connectivity index (χ3n) is 6.42. The third kappa shape index (κ3) is 5.73. The molecule has 2 aliphatic heterocycles. The Kier molecular flexibility index (Phi) is 8.64. The number of β-lactam (4-membered cyclic amide) rings is 1.